The largest absolute Gasteiger partial charge is 0.332 e. The van der Waals surface area contributed by atoms with Crippen LogP contribution in [0.5, 0.6) is 0 Å². The first-order chi connectivity index (χ1) is 11.6. The fourth-order valence-corrected chi connectivity index (χ4v) is 3.53. The minimum absolute atomic E-state index is 0.0415. The smallest absolute Gasteiger partial charge is 0.274 e. The summed E-state index contributed by atoms with van der Waals surface area (Å²) in [5.41, 5.74) is 3.75. The molecule has 1 atom stereocenters. The highest BCUT2D eigenvalue weighted by Crippen LogP contribution is 2.21. The maximum atomic E-state index is 12.9. The number of H-pyrrole nitrogens is 1. The summed E-state index contributed by atoms with van der Waals surface area (Å²) in [5.74, 6) is 0.0415. The highest BCUT2D eigenvalue weighted by atomic mass is 16.2. The highest BCUT2D eigenvalue weighted by Gasteiger charge is 2.29. The van der Waals surface area contributed by atoms with Crippen LogP contribution in [0, 0.1) is 13.8 Å². The number of hydrogen-bond donors (Lipinski definition) is 1. The second kappa shape index (κ2) is 7.20. The van der Waals surface area contributed by atoms with Gasteiger partial charge in [0.05, 0.1) is 18.3 Å². The van der Waals surface area contributed by atoms with Crippen molar-refractivity contribution in [3.63, 3.8) is 0 Å². The van der Waals surface area contributed by atoms with Crippen LogP contribution in [0.15, 0.2) is 12.1 Å². The Kier molecular flexibility index (Phi) is 5.02. The van der Waals surface area contributed by atoms with Crippen molar-refractivity contribution in [1.82, 2.24) is 24.9 Å². The Morgan fingerprint density at radius 2 is 2.17 bits per heavy atom. The molecule has 6 nitrogen and oxygen atoms in total. The summed E-state index contributed by atoms with van der Waals surface area (Å²) < 4.78 is 2.03. The molecule has 2 aromatic rings. The quantitative estimate of drug-likeness (QED) is 0.917. The Morgan fingerprint density at radius 3 is 2.88 bits per heavy atom. The van der Waals surface area contributed by atoms with Crippen LogP contribution in [0.2, 0.25) is 0 Å². The second-order valence-corrected chi connectivity index (χ2v) is 6.79. The lowest BCUT2D eigenvalue weighted by Crippen LogP contribution is -2.46. The third-order valence-corrected chi connectivity index (χ3v) is 4.74. The lowest BCUT2D eigenvalue weighted by Gasteiger charge is -2.35. The van der Waals surface area contributed by atoms with Crippen LogP contribution in [0.1, 0.15) is 60.2 Å². The predicted molar refractivity (Wildman–Crippen MR) is 93.0 cm³/mol. The van der Waals surface area contributed by atoms with E-state index in [1.54, 1.807) is 0 Å². The van der Waals surface area contributed by atoms with E-state index in [1.807, 2.05) is 22.6 Å². The number of nitrogens with zero attached hydrogens (tertiary/aromatic N) is 4. The van der Waals surface area contributed by atoms with Crippen LogP contribution in [0.25, 0.3) is 0 Å². The third-order valence-electron chi connectivity index (χ3n) is 4.74. The van der Waals surface area contributed by atoms with E-state index in [2.05, 4.69) is 35.2 Å². The molecule has 1 aliphatic heterocycles. The first kappa shape index (κ1) is 16.7. The predicted octanol–water partition coefficient (Wildman–Crippen LogP) is 2.87. The molecule has 1 saturated heterocycles. The lowest BCUT2D eigenvalue weighted by atomic mass is 10.0. The summed E-state index contributed by atoms with van der Waals surface area (Å²) >= 11 is 0. The number of piperidine rings is 1. The number of carbonyl (C=O) groups excluding carboxylic acids is 1. The molecule has 130 valence electrons. The average molecular weight is 329 g/mol. The minimum atomic E-state index is 0.0415. The zero-order valence-electron chi connectivity index (χ0n) is 14.9. The van der Waals surface area contributed by atoms with Gasteiger partial charge in [-0.25, -0.2) is 0 Å². The molecule has 6 heteroatoms. The first-order valence-electron chi connectivity index (χ1n) is 8.94. The van der Waals surface area contributed by atoms with E-state index in [4.69, 9.17) is 0 Å². The number of carbonyl (C=O) groups is 1. The van der Waals surface area contributed by atoms with Crippen molar-refractivity contribution in [3.05, 3.63) is 34.9 Å². The van der Waals surface area contributed by atoms with Gasteiger partial charge in [-0.3, -0.25) is 14.6 Å². The van der Waals surface area contributed by atoms with Crippen LogP contribution in [0.4, 0.5) is 0 Å². The number of aromatic nitrogens is 4. The van der Waals surface area contributed by atoms with E-state index in [1.165, 1.54) is 0 Å². The van der Waals surface area contributed by atoms with Crippen molar-refractivity contribution >= 4 is 5.91 Å². The Hall–Kier alpha value is -2.11. The molecule has 1 unspecified atom stereocenters. The molecule has 2 aromatic heterocycles. The number of hydrogen-bond acceptors (Lipinski definition) is 3. The summed E-state index contributed by atoms with van der Waals surface area (Å²) in [6.45, 7) is 7.76. The van der Waals surface area contributed by atoms with Crippen LogP contribution in [-0.4, -0.2) is 43.4 Å². The Balaban J connectivity index is 1.75. The standard InChI is InChI=1S/C18H27N5O/c1-4-7-15-11-17(20-19-15)18(24)22-9-6-5-8-16(22)12-23-14(3)10-13(2)21-23/h10-11,16H,4-9,12H2,1-3H3,(H,19,20). The van der Waals surface area contributed by atoms with Crippen molar-refractivity contribution in [1.29, 1.82) is 0 Å². The molecule has 3 rings (SSSR count). The van der Waals surface area contributed by atoms with Crippen molar-refractivity contribution in [2.75, 3.05) is 6.54 Å². The van der Waals surface area contributed by atoms with E-state index in [0.717, 1.165) is 62.3 Å². The second-order valence-electron chi connectivity index (χ2n) is 6.79. The summed E-state index contributed by atoms with van der Waals surface area (Å²) in [6, 6.07) is 4.18. The SMILES string of the molecule is CCCc1cc(C(=O)N2CCCCC2Cn2nc(C)cc2C)n[nH]1. The van der Waals surface area contributed by atoms with Gasteiger partial charge in [0, 0.05) is 17.9 Å². The Labute approximate surface area is 143 Å². The van der Waals surface area contributed by atoms with Gasteiger partial charge < -0.3 is 4.90 Å². The van der Waals surface area contributed by atoms with E-state index < -0.39 is 0 Å². The number of aromatic amines is 1. The molecule has 0 saturated carbocycles. The van der Waals surface area contributed by atoms with Gasteiger partial charge in [-0.15, -0.1) is 0 Å². The minimum Gasteiger partial charge on any atom is -0.332 e. The molecule has 3 heterocycles. The first-order valence-corrected chi connectivity index (χ1v) is 8.94. The molecule has 0 spiro atoms. The number of aryl methyl sites for hydroxylation is 3. The molecular formula is C18H27N5O. The molecule has 0 bridgehead atoms. The summed E-state index contributed by atoms with van der Waals surface area (Å²) in [5, 5.41) is 11.8. The maximum Gasteiger partial charge on any atom is 0.274 e. The number of nitrogens with one attached hydrogen (secondary N) is 1. The molecule has 1 aliphatic rings. The van der Waals surface area contributed by atoms with Crippen molar-refractivity contribution in [3.8, 4) is 0 Å². The van der Waals surface area contributed by atoms with Crippen LogP contribution in [-0.2, 0) is 13.0 Å². The number of rotatable bonds is 5. The maximum absolute atomic E-state index is 12.9. The van der Waals surface area contributed by atoms with E-state index in [0.29, 0.717) is 5.69 Å². The molecule has 0 radical (unpaired) electrons. The summed E-state index contributed by atoms with van der Waals surface area (Å²) in [4.78, 5) is 14.9. The summed E-state index contributed by atoms with van der Waals surface area (Å²) in [7, 11) is 0. The van der Waals surface area contributed by atoms with Crippen molar-refractivity contribution in [2.45, 2.75) is 65.5 Å². The molecule has 0 aromatic carbocycles. The average Bonchev–Trinajstić information content (AvgIpc) is 3.14. The zero-order chi connectivity index (χ0) is 17.1. The highest BCUT2D eigenvalue weighted by molar-refractivity contribution is 5.92. The van der Waals surface area contributed by atoms with Crippen molar-refractivity contribution in [2.24, 2.45) is 0 Å². The van der Waals surface area contributed by atoms with E-state index in [-0.39, 0.29) is 11.9 Å². The topological polar surface area (TPSA) is 66.8 Å². The molecule has 24 heavy (non-hydrogen) atoms. The molecule has 1 N–H and O–H groups in total. The summed E-state index contributed by atoms with van der Waals surface area (Å²) in [6.07, 6.45) is 5.22. The van der Waals surface area contributed by atoms with Gasteiger partial charge in [0.1, 0.15) is 5.69 Å². The van der Waals surface area contributed by atoms with E-state index in [9.17, 15) is 4.79 Å². The van der Waals surface area contributed by atoms with Crippen LogP contribution < -0.4 is 0 Å². The molecule has 0 aliphatic carbocycles. The zero-order valence-corrected chi connectivity index (χ0v) is 14.9. The molecule has 1 fully saturated rings. The van der Waals surface area contributed by atoms with Gasteiger partial charge in [-0.2, -0.15) is 10.2 Å². The van der Waals surface area contributed by atoms with E-state index >= 15 is 0 Å². The molecular weight excluding hydrogens is 302 g/mol. The van der Waals surface area contributed by atoms with Gasteiger partial charge >= 0.3 is 0 Å². The van der Waals surface area contributed by atoms with Gasteiger partial charge in [0.15, 0.2) is 0 Å². The van der Waals surface area contributed by atoms with Gasteiger partial charge in [0.2, 0.25) is 0 Å². The van der Waals surface area contributed by atoms with Gasteiger partial charge in [-0.1, -0.05) is 13.3 Å². The monoisotopic (exact) mass is 329 g/mol. The van der Waals surface area contributed by atoms with Crippen LogP contribution >= 0.6 is 0 Å². The molecule has 1 amide bonds. The number of likely N-dealkylation sites (tertiary alicyclic amines) is 1. The fourth-order valence-electron chi connectivity index (χ4n) is 3.53. The number of amides is 1. The van der Waals surface area contributed by atoms with Crippen molar-refractivity contribution < 1.29 is 4.79 Å². The third kappa shape index (κ3) is 3.52. The Bertz CT molecular complexity index is 702. The normalized spacial score (nSPS) is 18.1. The Morgan fingerprint density at radius 1 is 1.33 bits per heavy atom. The van der Waals surface area contributed by atoms with Crippen LogP contribution in [0.3, 0.4) is 0 Å². The fraction of sp³-hybridized carbons (Fsp3) is 0.611. The van der Waals surface area contributed by atoms with Gasteiger partial charge in [0.25, 0.3) is 5.91 Å². The van der Waals surface area contributed by atoms with Gasteiger partial charge in [-0.05, 0) is 51.7 Å². The lowest BCUT2D eigenvalue weighted by molar-refractivity contribution is 0.0576.